The van der Waals surface area contributed by atoms with E-state index in [1.165, 1.54) is 0 Å². The fourth-order valence-corrected chi connectivity index (χ4v) is 3.30. The molecule has 1 aliphatic heterocycles. The van der Waals surface area contributed by atoms with Gasteiger partial charge in [0.05, 0.1) is 5.92 Å². The molecule has 1 fully saturated rings. The van der Waals surface area contributed by atoms with Crippen LogP contribution in [0.2, 0.25) is 0 Å². The number of nitrogens with two attached hydrogens (primary N) is 1. The van der Waals surface area contributed by atoms with Crippen molar-refractivity contribution in [2.75, 3.05) is 18.8 Å². The third-order valence-electron chi connectivity index (χ3n) is 4.71. The van der Waals surface area contributed by atoms with Gasteiger partial charge in [-0.15, -0.1) is 0 Å². The molecule has 146 valence electrons. The van der Waals surface area contributed by atoms with Gasteiger partial charge in [-0.1, -0.05) is 32.9 Å². The summed E-state index contributed by atoms with van der Waals surface area (Å²) in [6.07, 6.45) is 2.60. The van der Waals surface area contributed by atoms with Crippen LogP contribution >= 0.6 is 0 Å². The summed E-state index contributed by atoms with van der Waals surface area (Å²) in [5.41, 5.74) is 6.92. The van der Waals surface area contributed by atoms with Crippen LogP contribution in [0.1, 0.15) is 80.3 Å². The number of nitrogens with zero attached hydrogens (tertiary/aromatic N) is 5. The molecule has 27 heavy (non-hydrogen) atoms. The summed E-state index contributed by atoms with van der Waals surface area (Å²) in [7, 11) is 0. The zero-order chi connectivity index (χ0) is 19.6. The van der Waals surface area contributed by atoms with E-state index < -0.39 is 0 Å². The Labute approximate surface area is 159 Å². The maximum atomic E-state index is 13.0. The van der Waals surface area contributed by atoms with Crippen molar-refractivity contribution in [3.8, 4) is 0 Å². The molecule has 8 heteroatoms. The van der Waals surface area contributed by atoms with Crippen molar-refractivity contribution in [1.82, 2.24) is 25.0 Å². The minimum atomic E-state index is -0.127. The predicted octanol–water partition coefficient (Wildman–Crippen LogP) is 2.78. The van der Waals surface area contributed by atoms with Gasteiger partial charge in [-0.05, 0) is 30.7 Å². The van der Waals surface area contributed by atoms with Gasteiger partial charge >= 0.3 is 0 Å². The summed E-state index contributed by atoms with van der Waals surface area (Å²) in [5, 5.41) is 4.08. The first-order chi connectivity index (χ1) is 12.8. The Bertz CT molecular complexity index is 801. The van der Waals surface area contributed by atoms with Crippen LogP contribution in [-0.4, -0.2) is 44.0 Å². The van der Waals surface area contributed by atoms with Gasteiger partial charge in [0.15, 0.2) is 5.82 Å². The molecule has 2 aromatic heterocycles. The third kappa shape index (κ3) is 4.61. The second-order valence-corrected chi connectivity index (χ2v) is 7.93. The number of likely N-dealkylation sites (tertiary alicyclic amines) is 1. The summed E-state index contributed by atoms with van der Waals surface area (Å²) >= 11 is 0. The zero-order valence-corrected chi connectivity index (χ0v) is 16.5. The van der Waals surface area contributed by atoms with E-state index in [1.807, 2.05) is 13.8 Å². The van der Waals surface area contributed by atoms with Gasteiger partial charge in [0.1, 0.15) is 5.69 Å². The standard InChI is InChI=1S/C19H28N6O2/c1-11(2)8-16-23-17(27-24-16)13-6-5-7-25(10-13)18(26)15-9-14(12(3)4)21-19(20)22-15/h9,11-13H,5-8,10H2,1-4H3,(H2,20,21,22). The topological polar surface area (TPSA) is 111 Å². The third-order valence-corrected chi connectivity index (χ3v) is 4.71. The molecule has 1 unspecified atom stereocenters. The largest absolute Gasteiger partial charge is 0.368 e. The monoisotopic (exact) mass is 372 g/mol. The molecule has 0 aromatic carbocycles. The van der Waals surface area contributed by atoms with Crippen LogP contribution in [0.5, 0.6) is 0 Å². The highest BCUT2D eigenvalue weighted by atomic mass is 16.5. The van der Waals surface area contributed by atoms with Crippen molar-refractivity contribution in [1.29, 1.82) is 0 Å². The molecule has 0 bridgehead atoms. The van der Waals surface area contributed by atoms with Crippen molar-refractivity contribution in [2.45, 2.75) is 58.8 Å². The Kier molecular flexibility index (Phi) is 5.72. The molecule has 2 aromatic rings. The minimum absolute atomic E-state index is 0.0554. The van der Waals surface area contributed by atoms with Crippen LogP contribution in [-0.2, 0) is 6.42 Å². The number of hydrogen-bond donors (Lipinski definition) is 1. The van der Waals surface area contributed by atoms with E-state index in [-0.39, 0.29) is 23.7 Å². The Balaban J connectivity index is 1.74. The molecule has 0 radical (unpaired) electrons. The molecule has 3 rings (SSSR count). The molecule has 1 amide bonds. The molecule has 1 atom stereocenters. The van der Waals surface area contributed by atoms with Gasteiger partial charge in [-0.3, -0.25) is 4.79 Å². The van der Waals surface area contributed by atoms with E-state index in [1.54, 1.807) is 11.0 Å². The number of nitrogen functional groups attached to an aromatic ring is 1. The summed E-state index contributed by atoms with van der Waals surface area (Å²) in [5.74, 6) is 2.06. The van der Waals surface area contributed by atoms with E-state index in [0.29, 0.717) is 30.6 Å². The maximum Gasteiger partial charge on any atom is 0.272 e. The lowest BCUT2D eigenvalue weighted by atomic mass is 9.97. The molecule has 0 spiro atoms. The number of amides is 1. The van der Waals surface area contributed by atoms with E-state index in [0.717, 1.165) is 30.8 Å². The van der Waals surface area contributed by atoms with Crippen LogP contribution < -0.4 is 5.73 Å². The van der Waals surface area contributed by atoms with Gasteiger partial charge < -0.3 is 15.2 Å². The number of carbonyl (C=O) groups excluding carboxylic acids is 1. The van der Waals surface area contributed by atoms with Crippen LogP contribution in [0.4, 0.5) is 5.95 Å². The lowest BCUT2D eigenvalue weighted by Gasteiger charge is -2.30. The molecular formula is C19H28N6O2. The SMILES string of the molecule is CC(C)Cc1noc(C2CCCN(C(=O)c3cc(C(C)C)nc(N)n3)C2)n1. The molecule has 3 heterocycles. The lowest BCUT2D eigenvalue weighted by Crippen LogP contribution is -2.39. The Morgan fingerprint density at radius 1 is 1.30 bits per heavy atom. The molecule has 1 aliphatic rings. The first-order valence-corrected chi connectivity index (χ1v) is 9.59. The second-order valence-electron chi connectivity index (χ2n) is 7.93. The fourth-order valence-electron chi connectivity index (χ4n) is 3.30. The Hall–Kier alpha value is -2.51. The van der Waals surface area contributed by atoms with Crippen molar-refractivity contribution in [3.05, 3.63) is 29.2 Å². The molecule has 8 nitrogen and oxygen atoms in total. The van der Waals surface area contributed by atoms with Crippen molar-refractivity contribution >= 4 is 11.9 Å². The number of anilines is 1. The average molecular weight is 372 g/mol. The van der Waals surface area contributed by atoms with Crippen molar-refractivity contribution in [3.63, 3.8) is 0 Å². The molecule has 0 aliphatic carbocycles. The summed E-state index contributed by atoms with van der Waals surface area (Å²) in [4.78, 5) is 27.7. The van der Waals surface area contributed by atoms with Crippen molar-refractivity contribution in [2.24, 2.45) is 5.92 Å². The Morgan fingerprint density at radius 2 is 2.07 bits per heavy atom. The predicted molar refractivity (Wildman–Crippen MR) is 101 cm³/mol. The number of hydrogen-bond acceptors (Lipinski definition) is 7. The van der Waals surface area contributed by atoms with Crippen molar-refractivity contribution < 1.29 is 9.32 Å². The number of piperidine rings is 1. The summed E-state index contributed by atoms with van der Waals surface area (Å²) in [6.45, 7) is 9.49. The number of aromatic nitrogens is 4. The van der Waals surface area contributed by atoms with E-state index in [4.69, 9.17) is 10.3 Å². The summed E-state index contributed by atoms with van der Waals surface area (Å²) in [6, 6.07) is 1.74. The van der Waals surface area contributed by atoms with Crippen LogP contribution in [0.3, 0.4) is 0 Å². The quantitative estimate of drug-likeness (QED) is 0.859. The maximum absolute atomic E-state index is 13.0. The zero-order valence-electron chi connectivity index (χ0n) is 16.5. The minimum Gasteiger partial charge on any atom is -0.368 e. The fraction of sp³-hybridized carbons (Fsp3) is 0.632. The molecule has 2 N–H and O–H groups in total. The van der Waals surface area contributed by atoms with Gasteiger partial charge in [-0.25, -0.2) is 9.97 Å². The number of rotatable bonds is 5. The molecule has 0 saturated carbocycles. The van der Waals surface area contributed by atoms with E-state index in [9.17, 15) is 4.79 Å². The highest BCUT2D eigenvalue weighted by Crippen LogP contribution is 2.27. The first kappa shape index (κ1) is 19.3. The highest BCUT2D eigenvalue weighted by Gasteiger charge is 2.30. The normalized spacial score (nSPS) is 17.7. The van der Waals surface area contributed by atoms with Crippen LogP contribution in [0.25, 0.3) is 0 Å². The average Bonchev–Trinajstić information content (AvgIpc) is 3.08. The molecular weight excluding hydrogens is 344 g/mol. The summed E-state index contributed by atoms with van der Waals surface area (Å²) < 4.78 is 5.46. The van der Waals surface area contributed by atoms with Gasteiger partial charge in [-0.2, -0.15) is 4.98 Å². The lowest BCUT2D eigenvalue weighted by molar-refractivity contribution is 0.0689. The van der Waals surface area contributed by atoms with Gasteiger partial charge in [0.25, 0.3) is 5.91 Å². The number of carbonyl (C=O) groups is 1. The smallest absolute Gasteiger partial charge is 0.272 e. The second kappa shape index (κ2) is 8.02. The molecule has 1 saturated heterocycles. The van der Waals surface area contributed by atoms with Crippen LogP contribution in [0, 0.1) is 5.92 Å². The highest BCUT2D eigenvalue weighted by molar-refractivity contribution is 5.92. The van der Waals surface area contributed by atoms with Gasteiger partial charge in [0, 0.05) is 25.2 Å². The Morgan fingerprint density at radius 3 is 2.78 bits per heavy atom. The van der Waals surface area contributed by atoms with E-state index >= 15 is 0 Å². The van der Waals surface area contributed by atoms with Crippen LogP contribution in [0.15, 0.2) is 10.6 Å². The van der Waals surface area contributed by atoms with Gasteiger partial charge in [0.2, 0.25) is 11.8 Å². The first-order valence-electron chi connectivity index (χ1n) is 9.59. The van der Waals surface area contributed by atoms with E-state index in [2.05, 4.69) is 34.0 Å².